The number of aromatic nitrogens is 2. The third kappa shape index (κ3) is 2.25. The zero-order chi connectivity index (χ0) is 12.5. The summed E-state index contributed by atoms with van der Waals surface area (Å²) < 4.78 is 12.9. The van der Waals surface area contributed by atoms with Crippen LogP contribution in [0.5, 0.6) is 0 Å². The summed E-state index contributed by atoms with van der Waals surface area (Å²) in [5.41, 5.74) is 6.20. The highest BCUT2D eigenvalue weighted by Crippen LogP contribution is 2.28. The van der Waals surface area contributed by atoms with Gasteiger partial charge >= 0.3 is 0 Å². The molecular weight excluding hydrogens is 217 g/mol. The lowest BCUT2D eigenvalue weighted by molar-refractivity contribution is 0.584. The van der Waals surface area contributed by atoms with Crippen molar-refractivity contribution in [3.63, 3.8) is 0 Å². The molecule has 3 nitrogen and oxygen atoms in total. The molecule has 0 radical (unpaired) electrons. The van der Waals surface area contributed by atoms with Crippen molar-refractivity contribution < 1.29 is 4.39 Å². The van der Waals surface area contributed by atoms with Gasteiger partial charge in [-0.3, -0.25) is 0 Å². The van der Waals surface area contributed by atoms with Crippen LogP contribution in [0.15, 0.2) is 36.5 Å². The van der Waals surface area contributed by atoms with E-state index in [9.17, 15) is 4.39 Å². The smallest absolute Gasteiger partial charge is 0.140 e. The molecule has 88 valence electrons. The van der Waals surface area contributed by atoms with Crippen molar-refractivity contribution >= 4 is 5.82 Å². The van der Waals surface area contributed by atoms with Gasteiger partial charge in [-0.05, 0) is 37.6 Å². The highest BCUT2D eigenvalue weighted by molar-refractivity contribution is 5.34. The van der Waals surface area contributed by atoms with Crippen LogP contribution in [-0.4, -0.2) is 9.97 Å². The standard InChI is InChI=1S/C13H14FN3/c1-13(2,9-3-5-10(14)6-4-9)12-16-8-7-11(15)17-12/h3-8H,1-2H3,(H2,15,16,17). The first-order valence-corrected chi connectivity index (χ1v) is 5.35. The van der Waals surface area contributed by atoms with Gasteiger partial charge in [-0.25, -0.2) is 14.4 Å². The Kier molecular flexibility index (Phi) is 2.79. The van der Waals surface area contributed by atoms with Gasteiger partial charge in [-0.1, -0.05) is 12.1 Å². The number of nitrogens with two attached hydrogens (primary N) is 1. The van der Waals surface area contributed by atoms with Crippen molar-refractivity contribution in [3.8, 4) is 0 Å². The molecule has 0 aliphatic carbocycles. The number of hydrogen-bond donors (Lipinski definition) is 1. The third-order valence-electron chi connectivity index (χ3n) is 2.80. The number of benzene rings is 1. The molecule has 0 aliphatic rings. The van der Waals surface area contributed by atoms with Gasteiger partial charge in [0.15, 0.2) is 0 Å². The maximum atomic E-state index is 12.9. The van der Waals surface area contributed by atoms with E-state index < -0.39 is 5.41 Å². The van der Waals surface area contributed by atoms with E-state index in [0.717, 1.165) is 5.56 Å². The summed E-state index contributed by atoms with van der Waals surface area (Å²) in [6.45, 7) is 3.96. The van der Waals surface area contributed by atoms with E-state index in [0.29, 0.717) is 11.6 Å². The average Bonchev–Trinajstić information content (AvgIpc) is 2.29. The number of rotatable bonds is 2. The van der Waals surface area contributed by atoms with E-state index in [1.807, 2.05) is 13.8 Å². The molecule has 0 spiro atoms. The molecule has 0 bridgehead atoms. The van der Waals surface area contributed by atoms with Crippen molar-refractivity contribution in [2.24, 2.45) is 0 Å². The lowest BCUT2D eigenvalue weighted by atomic mass is 9.84. The van der Waals surface area contributed by atoms with Crippen LogP contribution in [0.4, 0.5) is 10.2 Å². The number of halogens is 1. The number of hydrogen-bond acceptors (Lipinski definition) is 3. The summed E-state index contributed by atoms with van der Waals surface area (Å²) in [4.78, 5) is 8.44. The van der Waals surface area contributed by atoms with Gasteiger partial charge in [0.2, 0.25) is 0 Å². The van der Waals surface area contributed by atoms with Crippen LogP contribution in [0.3, 0.4) is 0 Å². The van der Waals surface area contributed by atoms with Crippen LogP contribution in [0.2, 0.25) is 0 Å². The highest BCUT2D eigenvalue weighted by atomic mass is 19.1. The summed E-state index contributed by atoms with van der Waals surface area (Å²) in [5, 5.41) is 0. The predicted octanol–water partition coefficient (Wildman–Crippen LogP) is 2.52. The normalized spacial score (nSPS) is 11.5. The van der Waals surface area contributed by atoms with Gasteiger partial charge in [0.1, 0.15) is 17.5 Å². The summed E-state index contributed by atoms with van der Waals surface area (Å²) >= 11 is 0. The van der Waals surface area contributed by atoms with E-state index in [4.69, 9.17) is 5.73 Å². The Morgan fingerprint density at radius 1 is 1.12 bits per heavy atom. The second-order valence-electron chi connectivity index (χ2n) is 4.44. The predicted molar refractivity (Wildman–Crippen MR) is 65.0 cm³/mol. The van der Waals surface area contributed by atoms with Gasteiger partial charge in [0, 0.05) is 11.6 Å². The molecule has 0 amide bonds. The van der Waals surface area contributed by atoms with Crippen LogP contribution in [0.25, 0.3) is 0 Å². The lowest BCUT2D eigenvalue weighted by Gasteiger charge is -2.23. The number of nitrogen functional groups attached to an aromatic ring is 1. The van der Waals surface area contributed by atoms with Crippen LogP contribution in [0.1, 0.15) is 25.2 Å². The molecule has 4 heteroatoms. The first-order valence-electron chi connectivity index (χ1n) is 5.35. The van der Waals surface area contributed by atoms with Crippen molar-refractivity contribution in [3.05, 3.63) is 53.7 Å². The zero-order valence-electron chi connectivity index (χ0n) is 9.81. The minimum Gasteiger partial charge on any atom is -0.384 e. The molecule has 2 aromatic rings. The summed E-state index contributed by atoms with van der Waals surface area (Å²) in [6.07, 6.45) is 1.63. The monoisotopic (exact) mass is 231 g/mol. The molecule has 0 saturated heterocycles. The molecular formula is C13H14FN3. The number of nitrogens with zero attached hydrogens (tertiary/aromatic N) is 2. The fourth-order valence-corrected chi connectivity index (χ4v) is 1.67. The first-order chi connectivity index (χ1) is 8.00. The van der Waals surface area contributed by atoms with Gasteiger partial charge in [-0.15, -0.1) is 0 Å². The van der Waals surface area contributed by atoms with Crippen LogP contribution in [-0.2, 0) is 5.41 Å². The largest absolute Gasteiger partial charge is 0.384 e. The molecule has 17 heavy (non-hydrogen) atoms. The summed E-state index contributed by atoms with van der Waals surface area (Å²) in [6, 6.07) is 7.99. The second kappa shape index (κ2) is 4.13. The fourth-order valence-electron chi connectivity index (χ4n) is 1.67. The minimum absolute atomic E-state index is 0.252. The SMILES string of the molecule is CC(C)(c1ccc(F)cc1)c1nccc(N)n1. The van der Waals surface area contributed by atoms with Crippen molar-refractivity contribution in [2.75, 3.05) is 5.73 Å². The van der Waals surface area contributed by atoms with E-state index >= 15 is 0 Å². The molecule has 0 saturated carbocycles. The maximum absolute atomic E-state index is 12.9. The molecule has 1 aromatic heterocycles. The summed E-state index contributed by atoms with van der Waals surface area (Å²) in [5.74, 6) is 0.812. The first kappa shape index (κ1) is 11.5. The fraction of sp³-hybridized carbons (Fsp3) is 0.231. The molecule has 0 unspecified atom stereocenters. The molecule has 1 aromatic carbocycles. The zero-order valence-corrected chi connectivity index (χ0v) is 9.81. The topological polar surface area (TPSA) is 51.8 Å². The van der Waals surface area contributed by atoms with E-state index in [1.165, 1.54) is 12.1 Å². The van der Waals surface area contributed by atoms with Gasteiger partial charge in [0.25, 0.3) is 0 Å². The lowest BCUT2D eigenvalue weighted by Crippen LogP contribution is -2.22. The van der Waals surface area contributed by atoms with Crippen molar-refractivity contribution in [1.29, 1.82) is 0 Å². The quantitative estimate of drug-likeness (QED) is 0.864. The van der Waals surface area contributed by atoms with E-state index in [2.05, 4.69) is 9.97 Å². The Morgan fingerprint density at radius 2 is 1.76 bits per heavy atom. The van der Waals surface area contributed by atoms with Gasteiger partial charge in [0.05, 0.1) is 0 Å². The number of anilines is 1. The Morgan fingerprint density at radius 3 is 2.35 bits per heavy atom. The van der Waals surface area contributed by atoms with Crippen molar-refractivity contribution in [2.45, 2.75) is 19.3 Å². The minimum atomic E-state index is -0.400. The Balaban J connectivity index is 2.45. The van der Waals surface area contributed by atoms with Crippen LogP contribution in [0, 0.1) is 5.82 Å². The Hall–Kier alpha value is -1.97. The van der Waals surface area contributed by atoms with E-state index in [-0.39, 0.29) is 5.82 Å². The van der Waals surface area contributed by atoms with Crippen LogP contribution < -0.4 is 5.73 Å². The Labute approximate surface area is 99.5 Å². The highest BCUT2D eigenvalue weighted by Gasteiger charge is 2.26. The molecule has 0 fully saturated rings. The second-order valence-corrected chi connectivity index (χ2v) is 4.44. The Bertz CT molecular complexity index is 520. The van der Waals surface area contributed by atoms with Crippen molar-refractivity contribution in [1.82, 2.24) is 9.97 Å². The molecule has 0 aliphatic heterocycles. The van der Waals surface area contributed by atoms with Crippen LogP contribution >= 0.6 is 0 Å². The molecule has 0 atom stereocenters. The third-order valence-corrected chi connectivity index (χ3v) is 2.80. The van der Waals surface area contributed by atoms with Gasteiger partial charge < -0.3 is 5.73 Å². The molecule has 2 rings (SSSR count). The van der Waals surface area contributed by atoms with Gasteiger partial charge in [-0.2, -0.15) is 0 Å². The summed E-state index contributed by atoms with van der Waals surface area (Å²) in [7, 11) is 0. The molecule has 1 heterocycles. The average molecular weight is 231 g/mol. The maximum Gasteiger partial charge on any atom is 0.140 e. The van der Waals surface area contributed by atoms with E-state index in [1.54, 1.807) is 24.4 Å². The molecule has 2 N–H and O–H groups in total.